The van der Waals surface area contributed by atoms with Gasteiger partial charge in [0.2, 0.25) is 0 Å². The maximum Gasteiger partial charge on any atom is 0.175 e. The molecule has 0 aliphatic heterocycles. The van der Waals surface area contributed by atoms with Crippen molar-refractivity contribution >= 4 is 33.0 Å². The minimum absolute atomic E-state index is 0.222. The molecule has 0 saturated heterocycles. The molecule has 0 radical (unpaired) electrons. The molecule has 0 aromatic heterocycles. The van der Waals surface area contributed by atoms with Crippen molar-refractivity contribution in [3.8, 4) is 0 Å². The molecule has 0 fully saturated rings. The summed E-state index contributed by atoms with van der Waals surface area (Å²) in [5.74, 6) is 0. The van der Waals surface area contributed by atoms with E-state index in [-0.39, 0.29) is 4.90 Å². The van der Waals surface area contributed by atoms with Gasteiger partial charge < -0.3 is 5.11 Å². The average Bonchev–Trinajstić information content (AvgIpc) is 2.42. The van der Waals surface area contributed by atoms with Gasteiger partial charge in [0.05, 0.1) is 11.0 Å². The van der Waals surface area contributed by atoms with Crippen LogP contribution < -0.4 is 0 Å². The highest BCUT2D eigenvalue weighted by Gasteiger charge is 2.13. The number of sulfone groups is 1. The standard InChI is InChI=1S/C15H14Cl2O3S/c1-21(19,20)13-5-2-10(3-6-13)15(18)9-11-8-12(16)4-7-14(11)17/h2-8,15,18H,9H2,1H3. The minimum atomic E-state index is -3.24. The Morgan fingerprint density at radius 2 is 1.71 bits per heavy atom. The molecule has 21 heavy (non-hydrogen) atoms. The molecule has 3 nitrogen and oxygen atoms in total. The molecule has 0 spiro atoms. The van der Waals surface area contributed by atoms with Crippen LogP contribution >= 0.6 is 23.2 Å². The molecule has 0 heterocycles. The van der Waals surface area contributed by atoms with Crippen molar-refractivity contribution in [1.82, 2.24) is 0 Å². The van der Waals surface area contributed by atoms with Gasteiger partial charge >= 0.3 is 0 Å². The van der Waals surface area contributed by atoms with E-state index >= 15 is 0 Å². The molecule has 0 aliphatic rings. The molecule has 1 atom stereocenters. The van der Waals surface area contributed by atoms with E-state index in [1.54, 1.807) is 30.3 Å². The first-order chi connectivity index (χ1) is 9.77. The zero-order valence-electron chi connectivity index (χ0n) is 11.3. The Morgan fingerprint density at radius 1 is 1.10 bits per heavy atom. The third-order valence-corrected chi connectivity index (χ3v) is 4.85. The van der Waals surface area contributed by atoms with Gasteiger partial charge in [-0.3, -0.25) is 0 Å². The first-order valence-electron chi connectivity index (χ1n) is 6.19. The summed E-state index contributed by atoms with van der Waals surface area (Å²) in [6, 6.07) is 11.2. The van der Waals surface area contributed by atoms with E-state index in [2.05, 4.69) is 0 Å². The second-order valence-electron chi connectivity index (χ2n) is 4.80. The van der Waals surface area contributed by atoms with E-state index in [0.717, 1.165) is 11.8 Å². The summed E-state index contributed by atoms with van der Waals surface area (Å²) >= 11 is 12.0. The summed E-state index contributed by atoms with van der Waals surface area (Å²) in [7, 11) is -3.24. The fraction of sp³-hybridized carbons (Fsp3) is 0.200. The molecule has 2 aromatic rings. The zero-order valence-corrected chi connectivity index (χ0v) is 13.6. The van der Waals surface area contributed by atoms with Crippen molar-refractivity contribution in [2.24, 2.45) is 0 Å². The second-order valence-corrected chi connectivity index (χ2v) is 7.66. The molecular formula is C15H14Cl2O3S. The van der Waals surface area contributed by atoms with Crippen LogP contribution in [-0.2, 0) is 16.3 Å². The Bertz CT molecular complexity index is 740. The highest BCUT2D eigenvalue weighted by Crippen LogP contribution is 2.26. The van der Waals surface area contributed by atoms with Crippen LogP contribution in [0.15, 0.2) is 47.4 Å². The lowest BCUT2D eigenvalue weighted by atomic mass is 10.0. The van der Waals surface area contributed by atoms with E-state index < -0.39 is 15.9 Å². The van der Waals surface area contributed by atoms with Crippen LogP contribution in [0.1, 0.15) is 17.2 Å². The lowest BCUT2D eigenvalue weighted by molar-refractivity contribution is 0.178. The molecule has 1 N–H and O–H groups in total. The number of halogens is 2. The van der Waals surface area contributed by atoms with Gasteiger partial charge in [0.25, 0.3) is 0 Å². The quantitative estimate of drug-likeness (QED) is 0.920. The first kappa shape index (κ1) is 16.3. The lowest BCUT2D eigenvalue weighted by Crippen LogP contribution is -2.03. The van der Waals surface area contributed by atoms with Crippen molar-refractivity contribution in [2.75, 3.05) is 6.26 Å². The summed E-state index contributed by atoms with van der Waals surface area (Å²) in [5, 5.41) is 11.3. The van der Waals surface area contributed by atoms with Gasteiger partial charge in [-0.05, 0) is 41.5 Å². The van der Waals surface area contributed by atoms with Crippen LogP contribution in [0.3, 0.4) is 0 Å². The first-order valence-corrected chi connectivity index (χ1v) is 8.84. The number of hydrogen-bond donors (Lipinski definition) is 1. The number of benzene rings is 2. The molecular weight excluding hydrogens is 331 g/mol. The molecule has 6 heteroatoms. The van der Waals surface area contributed by atoms with E-state index in [1.165, 1.54) is 12.1 Å². The molecule has 0 bridgehead atoms. The zero-order chi connectivity index (χ0) is 15.6. The van der Waals surface area contributed by atoms with Crippen molar-refractivity contribution in [2.45, 2.75) is 17.4 Å². The molecule has 2 rings (SSSR count). The molecule has 0 saturated carbocycles. The van der Waals surface area contributed by atoms with E-state index in [1.807, 2.05) is 0 Å². The number of rotatable bonds is 4. The third-order valence-electron chi connectivity index (χ3n) is 3.11. The van der Waals surface area contributed by atoms with Gasteiger partial charge in [0.15, 0.2) is 9.84 Å². The smallest absolute Gasteiger partial charge is 0.175 e. The second kappa shape index (κ2) is 6.36. The summed E-state index contributed by atoms with van der Waals surface area (Å²) in [4.78, 5) is 0.222. The molecule has 0 amide bonds. The van der Waals surface area contributed by atoms with Crippen LogP contribution in [-0.4, -0.2) is 19.8 Å². The SMILES string of the molecule is CS(=O)(=O)c1ccc(C(O)Cc2cc(Cl)ccc2Cl)cc1. The van der Waals surface area contributed by atoms with E-state index in [4.69, 9.17) is 23.2 Å². The molecule has 1 unspecified atom stereocenters. The van der Waals surface area contributed by atoms with Crippen LogP contribution in [0.5, 0.6) is 0 Å². The number of aliphatic hydroxyl groups is 1. The van der Waals surface area contributed by atoms with E-state index in [0.29, 0.717) is 22.0 Å². The Kier molecular flexibility index (Phi) is 4.94. The van der Waals surface area contributed by atoms with Crippen LogP contribution in [0, 0.1) is 0 Å². The number of hydrogen-bond acceptors (Lipinski definition) is 3. The van der Waals surface area contributed by atoms with Gasteiger partial charge in [-0.1, -0.05) is 35.3 Å². The largest absolute Gasteiger partial charge is 0.388 e. The van der Waals surface area contributed by atoms with Gasteiger partial charge in [-0.25, -0.2) is 8.42 Å². The fourth-order valence-corrected chi connectivity index (χ4v) is 2.98. The van der Waals surface area contributed by atoms with Gasteiger partial charge in [0.1, 0.15) is 0 Å². The van der Waals surface area contributed by atoms with Crippen molar-refractivity contribution in [3.05, 3.63) is 63.6 Å². The maximum absolute atomic E-state index is 11.4. The minimum Gasteiger partial charge on any atom is -0.388 e. The molecule has 0 aliphatic carbocycles. The van der Waals surface area contributed by atoms with Crippen LogP contribution in [0.2, 0.25) is 10.0 Å². The fourth-order valence-electron chi connectivity index (χ4n) is 1.96. The summed E-state index contributed by atoms with van der Waals surface area (Å²) in [6.07, 6.45) is 0.663. The normalized spacial score (nSPS) is 13.1. The monoisotopic (exact) mass is 344 g/mol. The summed E-state index contributed by atoms with van der Waals surface area (Å²) in [5.41, 5.74) is 1.36. The lowest BCUT2D eigenvalue weighted by Gasteiger charge is -2.13. The topological polar surface area (TPSA) is 54.4 Å². The van der Waals surface area contributed by atoms with Crippen LogP contribution in [0.25, 0.3) is 0 Å². The van der Waals surface area contributed by atoms with Crippen LogP contribution in [0.4, 0.5) is 0 Å². The van der Waals surface area contributed by atoms with Crippen molar-refractivity contribution in [3.63, 3.8) is 0 Å². The predicted molar refractivity (Wildman–Crippen MR) is 84.7 cm³/mol. The summed E-state index contributed by atoms with van der Waals surface area (Å²) in [6.45, 7) is 0. The summed E-state index contributed by atoms with van der Waals surface area (Å²) < 4.78 is 22.8. The molecule has 2 aromatic carbocycles. The van der Waals surface area contributed by atoms with Crippen molar-refractivity contribution < 1.29 is 13.5 Å². The van der Waals surface area contributed by atoms with Gasteiger partial charge in [0, 0.05) is 22.7 Å². The average molecular weight is 345 g/mol. The highest BCUT2D eigenvalue weighted by molar-refractivity contribution is 7.90. The highest BCUT2D eigenvalue weighted by atomic mass is 35.5. The molecule has 112 valence electrons. The Balaban J connectivity index is 2.20. The van der Waals surface area contributed by atoms with Gasteiger partial charge in [-0.2, -0.15) is 0 Å². The third kappa shape index (κ3) is 4.20. The Morgan fingerprint density at radius 3 is 2.29 bits per heavy atom. The predicted octanol–water partition coefficient (Wildman–Crippen LogP) is 3.67. The maximum atomic E-state index is 11.4. The van der Waals surface area contributed by atoms with Gasteiger partial charge in [-0.15, -0.1) is 0 Å². The van der Waals surface area contributed by atoms with E-state index in [9.17, 15) is 13.5 Å². The Labute approximate surface area is 134 Å². The van der Waals surface area contributed by atoms with Crippen molar-refractivity contribution in [1.29, 1.82) is 0 Å². The number of aliphatic hydroxyl groups excluding tert-OH is 1. The Hall–Kier alpha value is -1.07.